The van der Waals surface area contributed by atoms with Gasteiger partial charge in [-0.25, -0.2) is 9.48 Å². The number of carbonyl (C=O) groups excluding carboxylic acids is 13. The SMILES string of the molecule is CC[C@H](C)[C@H](NC(=O)[C@@H](N)CCCN=C(N)N)C(=O)N[C@@H](CC(N)=O)C(=O)N[C@@H](CC(N)=O)C(=O)N[C@H](C(=O)N1C[C@@H](n2cc(-c3ccc(C)cc3)nn2)C[C@H]1C(=O)N[C@@H](Cc1c[nH]c2ccccc12)C(=O)N[C@@H](CO)C(=O)N[C@@H](CCC(=O)O)C(=O)N[C@@H](C)C(=O)N[C@@H](CCSC)C(=O)N[C@@H](CCSC)C(=O)O)[C@@H](C)CC. The minimum Gasteiger partial charge on any atom is -0.481 e. The molecule has 4 aromatic rings. The zero-order valence-electron chi connectivity index (χ0n) is 64.4. The number of benzene rings is 2. The highest BCUT2D eigenvalue weighted by Crippen LogP contribution is 2.31. The molecule has 0 saturated carbocycles. The molecule has 0 aliphatic carbocycles. The van der Waals surface area contributed by atoms with Crippen molar-refractivity contribution in [1.29, 1.82) is 0 Å². The summed E-state index contributed by atoms with van der Waals surface area (Å²) in [6, 6.07) is -5.44. The van der Waals surface area contributed by atoms with E-state index in [9.17, 15) is 72.9 Å². The molecule has 0 unspecified atom stereocenters. The lowest BCUT2D eigenvalue weighted by atomic mass is 9.96. The highest BCUT2D eigenvalue weighted by atomic mass is 32.2. The van der Waals surface area contributed by atoms with Gasteiger partial charge in [-0.2, -0.15) is 23.5 Å². The Morgan fingerprint density at radius 3 is 1.73 bits per heavy atom. The molecule has 2 aromatic heterocycles. The predicted molar refractivity (Wildman–Crippen MR) is 418 cm³/mol. The van der Waals surface area contributed by atoms with Crippen LogP contribution in [0.15, 0.2) is 65.9 Å². The lowest BCUT2D eigenvalue weighted by Gasteiger charge is -2.33. The van der Waals surface area contributed by atoms with Gasteiger partial charge in [0, 0.05) is 55.0 Å². The van der Waals surface area contributed by atoms with Crippen LogP contribution in [0.1, 0.15) is 122 Å². The number of guanidine groups is 1. The van der Waals surface area contributed by atoms with E-state index in [1.165, 1.54) is 35.1 Å². The third-order valence-electron chi connectivity index (χ3n) is 19.1. The molecular formula is C72H107N21O18S2. The number of thioether (sulfide) groups is 2. The van der Waals surface area contributed by atoms with Gasteiger partial charge >= 0.3 is 11.9 Å². The molecule has 1 aliphatic rings. The monoisotopic (exact) mass is 1620 g/mol. The van der Waals surface area contributed by atoms with E-state index in [1.54, 1.807) is 76.9 Å². The van der Waals surface area contributed by atoms with Gasteiger partial charge in [-0.3, -0.25) is 72.1 Å². The lowest BCUT2D eigenvalue weighted by Crippen LogP contribution is -2.62. The number of nitrogens with zero attached hydrogens (tertiary/aromatic N) is 5. The molecule has 41 heteroatoms. The van der Waals surface area contributed by atoms with Crippen molar-refractivity contribution in [1.82, 2.24) is 78.0 Å². The van der Waals surface area contributed by atoms with E-state index < -0.39 is 211 Å². The molecule has 1 saturated heterocycles. The fourth-order valence-electron chi connectivity index (χ4n) is 12.1. The Balaban J connectivity index is 1.48. The first kappa shape index (κ1) is 92.7. The summed E-state index contributed by atoms with van der Waals surface area (Å²) in [6.45, 7) is 8.41. The zero-order chi connectivity index (χ0) is 83.9. The average Bonchev–Trinajstić information content (AvgIpc) is 1.65. The van der Waals surface area contributed by atoms with Gasteiger partial charge < -0.3 is 107 Å². The molecule has 620 valence electrons. The maximum atomic E-state index is 15.7. The number of likely N-dealkylation sites (tertiary alicyclic amines) is 1. The second-order valence-electron chi connectivity index (χ2n) is 27.7. The minimum atomic E-state index is -1.95. The number of aliphatic hydroxyl groups is 1. The van der Waals surface area contributed by atoms with E-state index in [0.29, 0.717) is 52.1 Å². The van der Waals surface area contributed by atoms with Gasteiger partial charge in [0.2, 0.25) is 76.8 Å². The number of nitrogens with one attached hydrogen (secondary N) is 11. The zero-order valence-corrected chi connectivity index (χ0v) is 66.0. The average molecular weight is 1620 g/mol. The predicted octanol–water partition coefficient (Wildman–Crippen LogP) is -3.34. The molecule has 15 atom stereocenters. The van der Waals surface area contributed by atoms with Gasteiger partial charge in [-0.05, 0) is 93.4 Å². The fraction of sp³-hybridized carbons (Fsp3) is 0.556. The molecule has 0 spiro atoms. The number of aryl methyl sites for hydroxylation is 1. The minimum absolute atomic E-state index is 0.0486. The van der Waals surface area contributed by atoms with Gasteiger partial charge in [0.25, 0.3) is 0 Å². The quantitative estimate of drug-likeness (QED) is 0.0117. The Morgan fingerprint density at radius 1 is 0.611 bits per heavy atom. The van der Waals surface area contributed by atoms with Crippen molar-refractivity contribution < 1.29 is 87.2 Å². The molecule has 113 heavy (non-hydrogen) atoms. The van der Waals surface area contributed by atoms with Crippen molar-refractivity contribution in [3.63, 3.8) is 0 Å². The number of carboxylic acid groups (broad SMARTS) is 2. The van der Waals surface area contributed by atoms with E-state index in [2.05, 4.69) is 73.5 Å². The summed E-state index contributed by atoms with van der Waals surface area (Å²) in [6.07, 6.45) is 3.97. The van der Waals surface area contributed by atoms with Crippen molar-refractivity contribution >= 4 is 129 Å². The first-order chi connectivity index (χ1) is 53.5. The summed E-state index contributed by atoms with van der Waals surface area (Å²) >= 11 is 2.70. The highest BCUT2D eigenvalue weighted by Gasteiger charge is 2.46. The summed E-state index contributed by atoms with van der Waals surface area (Å²) in [4.78, 5) is 215. The number of para-hydroxylation sites is 1. The van der Waals surface area contributed by atoms with Crippen LogP contribution in [0.5, 0.6) is 0 Å². The van der Waals surface area contributed by atoms with Crippen LogP contribution < -0.4 is 81.8 Å². The summed E-state index contributed by atoms with van der Waals surface area (Å²) in [7, 11) is 0. The topological polar surface area (TPSA) is 629 Å². The maximum Gasteiger partial charge on any atom is 0.326 e. The Morgan fingerprint density at radius 2 is 1.13 bits per heavy atom. The summed E-state index contributed by atoms with van der Waals surface area (Å²) < 4.78 is 1.44. The van der Waals surface area contributed by atoms with E-state index in [4.69, 9.17) is 28.7 Å². The summed E-state index contributed by atoms with van der Waals surface area (Å²) in [5, 5.41) is 64.5. The number of amides is 13. The van der Waals surface area contributed by atoms with E-state index in [1.807, 2.05) is 31.2 Å². The molecule has 13 amide bonds. The Bertz CT molecular complexity index is 4030. The third-order valence-corrected chi connectivity index (χ3v) is 20.4. The van der Waals surface area contributed by atoms with Gasteiger partial charge in [0.1, 0.15) is 72.2 Å². The number of primary amides is 2. The van der Waals surface area contributed by atoms with Crippen LogP contribution in [0.4, 0.5) is 0 Å². The lowest BCUT2D eigenvalue weighted by molar-refractivity contribution is -0.144. The number of carboxylic acids is 2. The number of H-pyrrole nitrogens is 1. The van der Waals surface area contributed by atoms with Crippen LogP contribution in [0.25, 0.3) is 22.2 Å². The van der Waals surface area contributed by atoms with Gasteiger partial charge in [-0.1, -0.05) is 93.8 Å². The molecule has 0 bridgehead atoms. The van der Waals surface area contributed by atoms with E-state index >= 15 is 14.4 Å². The molecule has 24 N–H and O–H groups in total. The Labute approximate surface area is 661 Å². The number of fused-ring (bicyclic) bond motifs is 1. The molecule has 5 rings (SSSR count). The number of carbonyl (C=O) groups is 15. The van der Waals surface area contributed by atoms with E-state index in [-0.39, 0.29) is 57.6 Å². The smallest absolute Gasteiger partial charge is 0.326 e. The number of aromatic amines is 1. The molecule has 1 fully saturated rings. The number of aliphatic hydroxyl groups excluding tert-OH is 1. The van der Waals surface area contributed by atoms with Gasteiger partial charge in [0.05, 0.1) is 37.7 Å². The second kappa shape index (κ2) is 45.5. The van der Waals surface area contributed by atoms with Crippen molar-refractivity contribution in [3.8, 4) is 11.3 Å². The number of rotatable bonds is 48. The van der Waals surface area contributed by atoms with Gasteiger partial charge in [0.15, 0.2) is 5.96 Å². The van der Waals surface area contributed by atoms with Crippen LogP contribution in [0, 0.1) is 18.8 Å². The van der Waals surface area contributed by atoms with Crippen LogP contribution in [0.2, 0.25) is 0 Å². The van der Waals surface area contributed by atoms with Crippen LogP contribution >= 0.6 is 23.5 Å². The van der Waals surface area contributed by atoms with Crippen molar-refractivity contribution in [2.75, 3.05) is 43.7 Å². The molecule has 39 nitrogen and oxygen atoms in total. The number of aliphatic imine (C=N–C) groups is 1. The largest absolute Gasteiger partial charge is 0.481 e. The summed E-state index contributed by atoms with van der Waals surface area (Å²) in [5.41, 5.74) is 31.2. The standard InChI is InChI=1S/C72H107N21O18S2/c1-9-37(4)58(88-61(100)44(73)15-13-25-78-72(76)77)69(108)86-50(30-55(74)95)65(104)84-51(31-56(75)96)66(105)89-59(38(5)10-2)70(109)92-33-42(93-34-52(90-91-93)40-19-17-36(3)18-20-40)29-54(92)68(107)85-49(28-41-32-79-45-16-12-11-14-43(41)45)64(103)87-53(35-94)67(106)82-46(21-22-57(97)98)62(101)80-39(6)60(99)81-47(23-26-112-7)63(102)83-48(71(110)111)24-27-113-8/h11-12,14,16-20,32,34,37-39,42,44,46-51,53-54,58-59,79,94H,9-10,13,15,21-31,33,35,73H2,1-8H3,(H2,74,95)(H2,75,96)(H,80,101)(H,81,99)(H,82,106)(H,83,102)(H,84,104)(H,85,107)(H,86,108)(H,87,103)(H,88,100)(H,89,105)(H,97,98)(H,110,111)(H4,76,77,78)/t37-,38-,39-,42-,44-,46-,47-,48-,49-,50-,51-,53-,54-,58-,59-/m0/s1. The second-order valence-corrected chi connectivity index (χ2v) is 29.7. The maximum absolute atomic E-state index is 15.7. The van der Waals surface area contributed by atoms with E-state index in [0.717, 1.165) is 10.5 Å². The number of nitrogens with two attached hydrogens (primary N) is 5. The Kier molecular flexibility index (Phi) is 37.3. The number of hydrogen-bond donors (Lipinski definition) is 19. The van der Waals surface area contributed by atoms with Gasteiger partial charge in [-0.15, -0.1) is 5.10 Å². The van der Waals surface area contributed by atoms with Crippen molar-refractivity contribution in [2.24, 2.45) is 45.5 Å². The first-order valence-corrected chi connectivity index (χ1v) is 39.6. The normalized spacial score (nSPS) is 16.7. The number of aromatic nitrogens is 4. The van der Waals surface area contributed by atoms with Crippen molar-refractivity contribution in [3.05, 3.63) is 72.1 Å². The molecular weight excluding hydrogens is 1510 g/mol. The highest BCUT2D eigenvalue weighted by molar-refractivity contribution is 7.98. The third kappa shape index (κ3) is 28.6. The van der Waals surface area contributed by atoms with Crippen LogP contribution in [0.3, 0.4) is 0 Å². The Hall–Kier alpha value is -10.9. The van der Waals surface area contributed by atoms with Crippen LogP contribution in [-0.4, -0.2) is 251 Å². The number of hydrogen-bond acceptors (Lipinski definition) is 22. The molecule has 1 aliphatic heterocycles. The summed E-state index contributed by atoms with van der Waals surface area (Å²) in [5.74, 6) is -17.0. The van der Waals surface area contributed by atoms with Crippen molar-refractivity contribution in [2.45, 2.75) is 197 Å². The molecule has 3 heterocycles. The number of aliphatic carboxylic acids is 2. The molecule has 0 radical (unpaired) electrons. The molecule has 2 aromatic carbocycles. The first-order valence-electron chi connectivity index (χ1n) is 36.8. The van der Waals surface area contributed by atoms with Crippen LogP contribution in [-0.2, 0) is 78.3 Å². The fourth-order valence-corrected chi connectivity index (χ4v) is 13.1.